The fraction of sp³-hybridized carbons (Fsp3) is 0.647. The number of pyridine rings is 1. The van der Waals surface area contributed by atoms with Crippen molar-refractivity contribution in [1.82, 2.24) is 15.2 Å². The molecule has 0 aromatic carbocycles. The number of nitrogens with zero attached hydrogens (tertiary/aromatic N) is 2. The normalized spacial score (nSPS) is 30.7. The number of urea groups is 1. The molecule has 3 fully saturated rings. The number of hydrogen-bond donors (Lipinski definition) is 1. The molecule has 5 nitrogen and oxygen atoms in total. The number of carbonyl (C=O) groups is 1. The molecule has 2 amide bonds. The molecule has 1 aromatic heterocycles. The van der Waals surface area contributed by atoms with Gasteiger partial charge in [-0.2, -0.15) is 0 Å². The number of piperidine rings is 1. The highest BCUT2D eigenvalue weighted by Gasteiger charge is 2.50. The lowest BCUT2D eigenvalue weighted by atomic mass is 10.1. The van der Waals surface area contributed by atoms with Crippen LogP contribution in [0.15, 0.2) is 24.5 Å². The van der Waals surface area contributed by atoms with Gasteiger partial charge in [0.2, 0.25) is 0 Å². The van der Waals surface area contributed by atoms with Gasteiger partial charge in [0.15, 0.2) is 0 Å². The largest absolute Gasteiger partial charge is 0.486 e. The quantitative estimate of drug-likeness (QED) is 0.933. The molecule has 1 aromatic rings. The first-order valence-electron chi connectivity index (χ1n) is 8.45. The van der Waals surface area contributed by atoms with Crippen molar-refractivity contribution in [3.05, 3.63) is 24.5 Å². The minimum atomic E-state index is 0.110. The molecule has 2 bridgehead atoms. The summed E-state index contributed by atoms with van der Waals surface area (Å²) < 4.78 is 6.13. The van der Waals surface area contributed by atoms with Crippen molar-refractivity contribution in [1.29, 1.82) is 0 Å². The zero-order valence-electron chi connectivity index (χ0n) is 12.8. The topological polar surface area (TPSA) is 54.5 Å². The lowest BCUT2D eigenvalue weighted by molar-refractivity contribution is 0.145. The highest BCUT2D eigenvalue weighted by molar-refractivity contribution is 5.75. The average molecular weight is 301 g/mol. The SMILES string of the molecule is O=C(NC1CCCC1)N1C[C@H]2CC[C@H]1[C@H]2Oc1cccnc1. The van der Waals surface area contributed by atoms with Gasteiger partial charge in [-0.05, 0) is 37.8 Å². The predicted molar refractivity (Wildman–Crippen MR) is 82.7 cm³/mol. The average Bonchev–Trinajstić information content (AvgIpc) is 3.26. The molecule has 1 N–H and O–H groups in total. The summed E-state index contributed by atoms with van der Waals surface area (Å²) in [6.07, 6.45) is 10.6. The van der Waals surface area contributed by atoms with Crippen LogP contribution < -0.4 is 10.1 Å². The van der Waals surface area contributed by atoms with Crippen molar-refractivity contribution in [2.45, 2.75) is 56.7 Å². The van der Waals surface area contributed by atoms with E-state index in [-0.39, 0.29) is 18.2 Å². The minimum absolute atomic E-state index is 0.110. The molecule has 1 saturated heterocycles. The second-order valence-corrected chi connectivity index (χ2v) is 6.76. The standard InChI is InChI=1S/C17H23N3O2/c21-17(19-13-4-1-2-5-13)20-11-12-7-8-15(20)16(12)22-14-6-3-9-18-10-14/h3,6,9-10,12-13,15-16H,1-2,4-5,7-8,11H2,(H,19,21)/t12-,15+,16+/m1/s1. The maximum absolute atomic E-state index is 12.5. The molecule has 0 spiro atoms. The van der Waals surface area contributed by atoms with Crippen LogP contribution in [-0.4, -0.2) is 40.6 Å². The summed E-state index contributed by atoms with van der Waals surface area (Å²) in [5, 5.41) is 3.21. The smallest absolute Gasteiger partial charge is 0.318 e. The summed E-state index contributed by atoms with van der Waals surface area (Å²) in [7, 11) is 0. The number of aromatic nitrogens is 1. The molecule has 0 unspecified atom stereocenters. The van der Waals surface area contributed by atoms with Gasteiger partial charge in [-0.15, -0.1) is 0 Å². The Hall–Kier alpha value is -1.78. The maximum Gasteiger partial charge on any atom is 0.318 e. The van der Waals surface area contributed by atoms with Crippen LogP contribution in [0.1, 0.15) is 38.5 Å². The van der Waals surface area contributed by atoms with Crippen molar-refractivity contribution in [2.24, 2.45) is 5.92 Å². The predicted octanol–water partition coefficient (Wildman–Crippen LogP) is 2.58. The highest BCUT2D eigenvalue weighted by atomic mass is 16.5. The highest BCUT2D eigenvalue weighted by Crippen LogP contribution is 2.40. The van der Waals surface area contributed by atoms with Gasteiger partial charge in [-0.3, -0.25) is 4.98 Å². The Morgan fingerprint density at radius 3 is 2.91 bits per heavy atom. The van der Waals surface area contributed by atoms with E-state index in [0.29, 0.717) is 12.0 Å². The second kappa shape index (κ2) is 5.78. The molecule has 118 valence electrons. The lowest BCUT2D eigenvalue weighted by Crippen LogP contribution is -2.48. The Bertz CT molecular complexity index is 530. The summed E-state index contributed by atoms with van der Waals surface area (Å²) in [4.78, 5) is 18.6. The Balaban J connectivity index is 1.41. The maximum atomic E-state index is 12.5. The molecule has 3 aliphatic rings. The van der Waals surface area contributed by atoms with Crippen LogP contribution >= 0.6 is 0 Å². The fourth-order valence-corrected chi connectivity index (χ4v) is 4.25. The van der Waals surface area contributed by atoms with E-state index in [1.54, 1.807) is 12.4 Å². The van der Waals surface area contributed by atoms with E-state index in [1.165, 1.54) is 12.8 Å². The molecule has 0 radical (unpaired) electrons. The number of ether oxygens (including phenoxy) is 1. The van der Waals surface area contributed by atoms with Gasteiger partial charge in [0, 0.05) is 24.7 Å². The van der Waals surface area contributed by atoms with Crippen LogP contribution in [0.25, 0.3) is 0 Å². The first kappa shape index (κ1) is 13.9. The number of rotatable bonds is 3. The Morgan fingerprint density at radius 1 is 1.27 bits per heavy atom. The van der Waals surface area contributed by atoms with Gasteiger partial charge < -0.3 is 15.0 Å². The van der Waals surface area contributed by atoms with Gasteiger partial charge in [0.1, 0.15) is 11.9 Å². The first-order valence-corrected chi connectivity index (χ1v) is 8.45. The molecule has 1 aliphatic heterocycles. The molecule has 2 aliphatic carbocycles. The number of hydrogen-bond acceptors (Lipinski definition) is 3. The number of likely N-dealkylation sites (tertiary alicyclic amines) is 1. The van der Waals surface area contributed by atoms with E-state index >= 15 is 0 Å². The number of amides is 2. The van der Waals surface area contributed by atoms with E-state index in [2.05, 4.69) is 10.3 Å². The third-order valence-electron chi connectivity index (χ3n) is 5.36. The van der Waals surface area contributed by atoms with Gasteiger partial charge in [0.05, 0.1) is 12.2 Å². The molecule has 2 saturated carbocycles. The summed E-state index contributed by atoms with van der Waals surface area (Å²) in [6, 6.07) is 4.53. The minimum Gasteiger partial charge on any atom is -0.486 e. The van der Waals surface area contributed by atoms with Gasteiger partial charge in [-0.25, -0.2) is 4.79 Å². The molecule has 3 atom stereocenters. The Labute approximate surface area is 131 Å². The van der Waals surface area contributed by atoms with E-state index in [1.807, 2.05) is 17.0 Å². The van der Waals surface area contributed by atoms with Crippen LogP contribution in [0.5, 0.6) is 5.75 Å². The summed E-state index contributed by atoms with van der Waals surface area (Å²) >= 11 is 0. The monoisotopic (exact) mass is 301 g/mol. The molecule has 22 heavy (non-hydrogen) atoms. The van der Waals surface area contributed by atoms with E-state index in [4.69, 9.17) is 4.74 Å². The van der Waals surface area contributed by atoms with Crippen LogP contribution in [-0.2, 0) is 0 Å². The van der Waals surface area contributed by atoms with Crippen LogP contribution in [0, 0.1) is 5.92 Å². The number of carbonyl (C=O) groups excluding carboxylic acids is 1. The zero-order chi connectivity index (χ0) is 14.9. The second-order valence-electron chi connectivity index (χ2n) is 6.76. The van der Waals surface area contributed by atoms with Crippen molar-refractivity contribution in [3.8, 4) is 5.75 Å². The number of nitrogens with one attached hydrogen (secondary N) is 1. The number of fused-ring (bicyclic) bond motifs is 2. The molecule has 2 heterocycles. The Kier molecular flexibility index (Phi) is 3.64. The summed E-state index contributed by atoms with van der Waals surface area (Å²) in [6.45, 7) is 0.828. The van der Waals surface area contributed by atoms with Crippen LogP contribution in [0.2, 0.25) is 0 Å². The van der Waals surface area contributed by atoms with Crippen molar-refractivity contribution in [3.63, 3.8) is 0 Å². The molecular weight excluding hydrogens is 278 g/mol. The Morgan fingerprint density at radius 2 is 2.14 bits per heavy atom. The van der Waals surface area contributed by atoms with E-state index < -0.39 is 0 Å². The van der Waals surface area contributed by atoms with Gasteiger partial charge >= 0.3 is 6.03 Å². The van der Waals surface area contributed by atoms with E-state index in [0.717, 1.165) is 38.0 Å². The summed E-state index contributed by atoms with van der Waals surface area (Å²) in [5.41, 5.74) is 0. The van der Waals surface area contributed by atoms with Crippen molar-refractivity contribution in [2.75, 3.05) is 6.54 Å². The third-order valence-corrected chi connectivity index (χ3v) is 5.36. The van der Waals surface area contributed by atoms with Crippen LogP contribution in [0.4, 0.5) is 4.79 Å². The molecule has 4 rings (SSSR count). The zero-order valence-corrected chi connectivity index (χ0v) is 12.8. The van der Waals surface area contributed by atoms with E-state index in [9.17, 15) is 4.79 Å². The lowest BCUT2D eigenvalue weighted by Gasteiger charge is -2.28. The molecule has 5 heteroatoms. The summed E-state index contributed by atoms with van der Waals surface area (Å²) in [5.74, 6) is 1.27. The third kappa shape index (κ3) is 2.53. The van der Waals surface area contributed by atoms with Gasteiger partial charge in [0.25, 0.3) is 0 Å². The molecular formula is C17H23N3O2. The van der Waals surface area contributed by atoms with Crippen LogP contribution in [0.3, 0.4) is 0 Å². The first-order chi connectivity index (χ1) is 10.8. The van der Waals surface area contributed by atoms with Gasteiger partial charge in [-0.1, -0.05) is 12.8 Å². The van der Waals surface area contributed by atoms with Crippen molar-refractivity contribution < 1.29 is 9.53 Å². The fourth-order valence-electron chi connectivity index (χ4n) is 4.25. The van der Waals surface area contributed by atoms with Crippen molar-refractivity contribution >= 4 is 6.03 Å².